The quantitative estimate of drug-likeness (QED) is 0.154. The molecule has 14 heteroatoms. The van der Waals surface area contributed by atoms with Gasteiger partial charge >= 0.3 is 5.97 Å². The number of carbonyl (C=O) groups is 1. The number of hydrogen-bond acceptors (Lipinski definition) is 14. The smallest absolute Gasteiger partial charge is 0.309 e. The van der Waals surface area contributed by atoms with Crippen LogP contribution in [0.4, 0.5) is 0 Å². The molecule has 0 aromatic rings. The number of hydrogen-bond donors (Lipinski definition) is 8. The lowest BCUT2D eigenvalue weighted by Gasteiger charge is -2.54. The molecule has 14 nitrogen and oxygen atoms in total. The topological polar surface area (TPSA) is 225 Å². The highest BCUT2D eigenvalue weighted by molar-refractivity contribution is 5.74. The second-order valence-corrected chi connectivity index (χ2v) is 18.5. The third kappa shape index (κ3) is 6.87. The molecule has 0 aromatic heterocycles. The molecule has 312 valence electrons. The molecule has 0 radical (unpaired) electrons. The summed E-state index contributed by atoms with van der Waals surface area (Å²) >= 11 is 0. The lowest BCUT2D eigenvalue weighted by atomic mass is 9.51. The van der Waals surface area contributed by atoms with Crippen LogP contribution in [0.3, 0.4) is 0 Å². The van der Waals surface area contributed by atoms with Crippen molar-refractivity contribution in [1.29, 1.82) is 0 Å². The zero-order valence-electron chi connectivity index (χ0n) is 32.8. The summed E-state index contributed by atoms with van der Waals surface area (Å²) in [4.78, 5) is 13.7. The van der Waals surface area contributed by atoms with Gasteiger partial charge in [-0.3, -0.25) is 4.79 Å². The molecule has 8 N–H and O–H groups in total. The van der Waals surface area contributed by atoms with Crippen LogP contribution in [0.1, 0.15) is 92.4 Å². The van der Waals surface area contributed by atoms with E-state index in [2.05, 4.69) is 26.0 Å². The van der Waals surface area contributed by atoms with E-state index in [0.29, 0.717) is 25.2 Å². The number of esters is 1. The Morgan fingerprint density at radius 2 is 1.49 bits per heavy atom. The van der Waals surface area contributed by atoms with E-state index in [1.807, 2.05) is 13.8 Å². The molecule has 0 unspecified atom stereocenters. The highest BCUT2D eigenvalue weighted by atomic mass is 16.8. The highest BCUT2D eigenvalue weighted by Gasteiger charge is 2.60. The molecular formula is C41H64O14. The molecule has 0 aromatic carbocycles. The maximum Gasteiger partial charge on any atom is 0.309 e. The van der Waals surface area contributed by atoms with Crippen molar-refractivity contribution in [2.75, 3.05) is 13.2 Å². The van der Waals surface area contributed by atoms with Crippen molar-refractivity contribution in [2.45, 2.75) is 172 Å². The van der Waals surface area contributed by atoms with Gasteiger partial charge in [-0.15, -0.1) is 0 Å². The SMILES string of the molecule is CC(C)[C@@]1([C@H](C)O)CC[C@H]([C@H]2CC[C@H]3C4=CC[C@H]5C[C@@H](O[C@@H]6O[C@H](CO)[C@@H](O)[C@H](O)[C@H]6O[C@@H]6O[C@H](CO)[C@H](O)[C@H](O)[C@H]6O)CC[C@]5(C)C4=CC[C@]23C)C(=O)O1. The summed E-state index contributed by atoms with van der Waals surface area (Å²) in [6.07, 6.45) is -3.96. The maximum atomic E-state index is 13.7. The third-order valence-electron chi connectivity index (χ3n) is 15.4. The van der Waals surface area contributed by atoms with Gasteiger partial charge < -0.3 is 64.5 Å². The van der Waals surface area contributed by atoms with E-state index in [1.165, 1.54) is 11.1 Å². The van der Waals surface area contributed by atoms with Crippen molar-refractivity contribution in [3.05, 3.63) is 23.3 Å². The minimum absolute atomic E-state index is 0.0180. The van der Waals surface area contributed by atoms with Crippen LogP contribution in [-0.2, 0) is 28.5 Å². The largest absolute Gasteiger partial charge is 0.456 e. The molecule has 0 spiro atoms. The Labute approximate surface area is 323 Å². The summed E-state index contributed by atoms with van der Waals surface area (Å²) in [5.41, 5.74) is 1.78. The Morgan fingerprint density at radius 1 is 0.818 bits per heavy atom. The molecule has 3 aliphatic heterocycles. The van der Waals surface area contributed by atoms with Crippen molar-refractivity contribution in [2.24, 2.45) is 40.4 Å². The molecule has 7 rings (SSSR count). The summed E-state index contributed by atoms with van der Waals surface area (Å²) in [5.74, 6) is 0.437. The van der Waals surface area contributed by atoms with Gasteiger partial charge in [-0.25, -0.2) is 0 Å². The van der Waals surface area contributed by atoms with Gasteiger partial charge in [0.2, 0.25) is 0 Å². The fourth-order valence-corrected chi connectivity index (χ4v) is 11.8. The normalized spacial score (nSPS) is 50.7. The highest BCUT2D eigenvalue weighted by Crippen LogP contribution is 2.65. The summed E-state index contributed by atoms with van der Waals surface area (Å²) in [7, 11) is 0. The Kier molecular flexibility index (Phi) is 11.8. The van der Waals surface area contributed by atoms with Crippen LogP contribution in [0.25, 0.3) is 0 Å². The average Bonchev–Trinajstić information content (AvgIpc) is 3.51. The average molecular weight is 781 g/mol. The van der Waals surface area contributed by atoms with Crippen molar-refractivity contribution in [1.82, 2.24) is 0 Å². The van der Waals surface area contributed by atoms with Crippen molar-refractivity contribution in [3.63, 3.8) is 0 Å². The number of ether oxygens (including phenoxy) is 5. The number of cyclic esters (lactones) is 1. The number of aliphatic hydroxyl groups excluding tert-OH is 8. The van der Waals surface area contributed by atoms with E-state index in [9.17, 15) is 45.6 Å². The summed E-state index contributed by atoms with van der Waals surface area (Å²) in [5, 5.41) is 83.3. The minimum Gasteiger partial charge on any atom is -0.456 e. The molecule has 19 atom stereocenters. The Balaban J connectivity index is 1.04. The van der Waals surface area contributed by atoms with E-state index in [-0.39, 0.29) is 46.6 Å². The van der Waals surface area contributed by atoms with E-state index < -0.39 is 86.3 Å². The van der Waals surface area contributed by atoms with Gasteiger partial charge in [-0.2, -0.15) is 0 Å². The van der Waals surface area contributed by atoms with E-state index in [0.717, 1.165) is 38.5 Å². The van der Waals surface area contributed by atoms with Crippen LogP contribution < -0.4 is 0 Å². The minimum atomic E-state index is -1.74. The van der Waals surface area contributed by atoms with Gasteiger partial charge in [0.1, 0.15) is 54.4 Å². The van der Waals surface area contributed by atoms with Crippen LogP contribution in [0, 0.1) is 40.4 Å². The lowest BCUT2D eigenvalue weighted by Crippen LogP contribution is -2.65. The van der Waals surface area contributed by atoms with E-state index in [1.54, 1.807) is 6.92 Å². The van der Waals surface area contributed by atoms with E-state index >= 15 is 0 Å². The second kappa shape index (κ2) is 15.6. The first kappa shape index (κ1) is 41.6. The van der Waals surface area contributed by atoms with E-state index in [4.69, 9.17) is 23.7 Å². The van der Waals surface area contributed by atoms with Gasteiger partial charge in [0, 0.05) is 0 Å². The monoisotopic (exact) mass is 780 g/mol. The number of fused-ring (bicyclic) bond motifs is 5. The lowest BCUT2D eigenvalue weighted by molar-refractivity contribution is -0.372. The zero-order chi connectivity index (χ0) is 39.8. The standard InChI is InChI=1S/C41H64O14/c1-19(2)41(20(3)44)15-11-24(36(50)55-41)26-9-8-25-23-7-6-21-16-22(10-13-39(21,4)27(23)12-14-40(25,26)5)51-38-35(33(48)31(46)29(18-43)53-38)54-37-34(49)32(47)30(45)28(17-42)52-37/h7,12,19-22,24-26,28-35,37-38,42-49H,6,8-11,13-18H2,1-5H3/t20-,21-,22-,24+,25-,26+,28+,29+,30-,31+,32-,33-,34+,35+,37-,38+,39-,40-,41+/m0/s1. The van der Waals surface area contributed by atoms with Crippen molar-refractivity contribution >= 4 is 5.97 Å². The fraction of sp³-hybridized carbons (Fsp3) is 0.878. The molecule has 4 aliphatic carbocycles. The van der Waals surface area contributed by atoms with Gasteiger partial charge in [0.15, 0.2) is 12.6 Å². The molecule has 0 amide bonds. The van der Waals surface area contributed by atoms with Crippen LogP contribution >= 0.6 is 0 Å². The Hall–Kier alpha value is -1.53. The Morgan fingerprint density at radius 3 is 2.13 bits per heavy atom. The van der Waals surface area contributed by atoms with Gasteiger partial charge in [0.05, 0.1) is 31.3 Å². The Bertz CT molecular complexity index is 1460. The predicted molar refractivity (Wildman–Crippen MR) is 195 cm³/mol. The maximum absolute atomic E-state index is 13.7. The molecular weight excluding hydrogens is 716 g/mol. The van der Waals surface area contributed by atoms with Gasteiger partial charge in [-0.1, -0.05) is 39.8 Å². The molecule has 0 bridgehead atoms. The molecule has 55 heavy (non-hydrogen) atoms. The van der Waals surface area contributed by atoms with Crippen LogP contribution in [-0.4, -0.2) is 139 Å². The zero-order valence-corrected chi connectivity index (χ0v) is 32.8. The molecule has 3 saturated heterocycles. The predicted octanol–water partition coefficient (Wildman–Crippen LogP) is 1.22. The van der Waals surface area contributed by atoms with Crippen molar-refractivity contribution < 1.29 is 69.3 Å². The number of allylic oxidation sites excluding steroid dienone is 4. The number of aliphatic hydroxyl groups is 8. The third-order valence-corrected chi connectivity index (χ3v) is 15.4. The van der Waals surface area contributed by atoms with Gasteiger partial charge in [-0.05, 0) is 110 Å². The first-order valence-corrected chi connectivity index (χ1v) is 20.6. The fourth-order valence-electron chi connectivity index (χ4n) is 11.8. The number of rotatable bonds is 9. The van der Waals surface area contributed by atoms with Crippen molar-refractivity contribution in [3.8, 4) is 0 Å². The molecule has 3 heterocycles. The first-order chi connectivity index (χ1) is 26.0. The first-order valence-electron chi connectivity index (χ1n) is 20.6. The summed E-state index contributed by atoms with van der Waals surface area (Å²) in [6, 6.07) is 0. The van der Waals surface area contributed by atoms with Crippen LogP contribution in [0.15, 0.2) is 23.3 Å². The van der Waals surface area contributed by atoms with Gasteiger partial charge in [0.25, 0.3) is 0 Å². The van der Waals surface area contributed by atoms with Crippen LogP contribution in [0.5, 0.6) is 0 Å². The molecule has 7 aliphatic rings. The molecule has 5 fully saturated rings. The summed E-state index contributed by atoms with van der Waals surface area (Å²) < 4.78 is 30.0. The molecule has 2 saturated carbocycles. The number of carbonyl (C=O) groups excluding carboxylic acids is 1. The summed E-state index contributed by atoms with van der Waals surface area (Å²) in [6.45, 7) is 9.17. The second-order valence-electron chi connectivity index (χ2n) is 18.5. The van der Waals surface area contributed by atoms with Crippen LogP contribution in [0.2, 0.25) is 0 Å².